The van der Waals surface area contributed by atoms with Crippen molar-refractivity contribution in [2.75, 3.05) is 0 Å². The third kappa shape index (κ3) is 2.72. The average Bonchev–Trinajstić information content (AvgIpc) is 3.12. The van der Waals surface area contributed by atoms with Gasteiger partial charge in [0, 0.05) is 36.9 Å². The van der Waals surface area contributed by atoms with Gasteiger partial charge in [0.1, 0.15) is 10.7 Å². The van der Waals surface area contributed by atoms with Crippen LogP contribution in [0.1, 0.15) is 18.4 Å². The van der Waals surface area contributed by atoms with Crippen molar-refractivity contribution in [2.45, 2.75) is 24.8 Å². The monoisotopic (exact) mass is 320 g/mol. The Balaban J connectivity index is 1.81. The SMILES string of the molecule is CCc1ncc(CNS(=O)(=O)c2cnc3c(cnn3C)c2)[nH]1. The summed E-state index contributed by atoms with van der Waals surface area (Å²) in [6.07, 6.45) is 5.32. The molecule has 3 rings (SSSR count). The molecule has 9 heteroatoms. The molecule has 0 aliphatic heterocycles. The molecular formula is C13H16N6O2S. The van der Waals surface area contributed by atoms with E-state index < -0.39 is 10.0 Å². The molecule has 0 saturated carbocycles. The second kappa shape index (κ2) is 5.50. The first-order valence-corrected chi connectivity index (χ1v) is 8.28. The van der Waals surface area contributed by atoms with Gasteiger partial charge in [-0.25, -0.2) is 23.1 Å². The summed E-state index contributed by atoms with van der Waals surface area (Å²) in [6, 6.07) is 1.56. The number of hydrogen-bond acceptors (Lipinski definition) is 5. The second-order valence-corrected chi connectivity index (χ2v) is 6.65. The lowest BCUT2D eigenvalue weighted by molar-refractivity contribution is 0.580. The normalized spacial score (nSPS) is 12.1. The fourth-order valence-electron chi connectivity index (χ4n) is 2.10. The number of pyridine rings is 1. The fraction of sp³-hybridized carbons (Fsp3) is 0.308. The van der Waals surface area contributed by atoms with E-state index in [0.29, 0.717) is 11.0 Å². The van der Waals surface area contributed by atoms with Crippen LogP contribution in [0.3, 0.4) is 0 Å². The van der Waals surface area contributed by atoms with Gasteiger partial charge in [0.25, 0.3) is 0 Å². The van der Waals surface area contributed by atoms with Crippen molar-refractivity contribution >= 4 is 21.1 Å². The van der Waals surface area contributed by atoms with Gasteiger partial charge in [-0.3, -0.25) is 4.68 Å². The van der Waals surface area contributed by atoms with Crippen molar-refractivity contribution in [1.82, 2.24) is 29.5 Å². The molecule has 0 spiro atoms. The maximum absolute atomic E-state index is 12.3. The van der Waals surface area contributed by atoms with Crippen LogP contribution in [0, 0.1) is 0 Å². The van der Waals surface area contributed by atoms with E-state index in [9.17, 15) is 8.42 Å². The van der Waals surface area contributed by atoms with E-state index in [4.69, 9.17) is 0 Å². The highest BCUT2D eigenvalue weighted by molar-refractivity contribution is 7.89. The van der Waals surface area contributed by atoms with E-state index in [-0.39, 0.29) is 11.4 Å². The zero-order valence-corrected chi connectivity index (χ0v) is 13.1. The number of sulfonamides is 1. The Morgan fingerprint density at radius 1 is 1.27 bits per heavy atom. The Kier molecular flexibility index (Phi) is 3.67. The zero-order valence-electron chi connectivity index (χ0n) is 12.2. The molecule has 0 amide bonds. The second-order valence-electron chi connectivity index (χ2n) is 4.89. The highest BCUT2D eigenvalue weighted by Gasteiger charge is 2.16. The van der Waals surface area contributed by atoms with Gasteiger partial charge in [0.05, 0.1) is 12.7 Å². The maximum Gasteiger partial charge on any atom is 0.242 e. The summed E-state index contributed by atoms with van der Waals surface area (Å²) in [5, 5.41) is 4.73. The summed E-state index contributed by atoms with van der Waals surface area (Å²) >= 11 is 0. The molecule has 0 aromatic carbocycles. The fourth-order valence-corrected chi connectivity index (χ4v) is 3.09. The number of nitrogens with zero attached hydrogens (tertiary/aromatic N) is 4. The summed E-state index contributed by atoms with van der Waals surface area (Å²) in [6.45, 7) is 2.13. The largest absolute Gasteiger partial charge is 0.345 e. The molecule has 2 N–H and O–H groups in total. The van der Waals surface area contributed by atoms with Crippen molar-refractivity contribution < 1.29 is 8.42 Å². The Hall–Kier alpha value is -2.26. The van der Waals surface area contributed by atoms with Gasteiger partial charge in [-0.2, -0.15) is 5.10 Å². The molecule has 0 fully saturated rings. The molecule has 0 radical (unpaired) electrons. The van der Waals surface area contributed by atoms with Gasteiger partial charge in [0.2, 0.25) is 10.0 Å². The third-order valence-electron chi connectivity index (χ3n) is 3.33. The van der Waals surface area contributed by atoms with Gasteiger partial charge < -0.3 is 4.98 Å². The average molecular weight is 320 g/mol. The van der Waals surface area contributed by atoms with E-state index >= 15 is 0 Å². The molecule has 3 aromatic rings. The molecule has 0 bridgehead atoms. The topological polar surface area (TPSA) is 106 Å². The third-order valence-corrected chi connectivity index (χ3v) is 4.69. The molecular weight excluding hydrogens is 304 g/mol. The minimum atomic E-state index is -3.64. The van der Waals surface area contributed by atoms with Crippen molar-refractivity contribution in [1.29, 1.82) is 0 Å². The minimum Gasteiger partial charge on any atom is -0.345 e. The maximum atomic E-state index is 12.3. The van der Waals surface area contributed by atoms with Crippen LogP contribution >= 0.6 is 0 Å². The van der Waals surface area contributed by atoms with Crippen LogP contribution in [0.15, 0.2) is 29.6 Å². The zero-order chi connectivity index (χ0) is 15.7. The lowest BCUT2D eigenvalue weighted by Crippen LogP contribution is -2.23. The van der Waals surface area contributed by atoms with Crippen LogP contribution in [-0.4, -0.2) is 33.2 Å². The van der Waals surface area contributed by atoms with Crippen molar-refractivity contribution in [3.63, 3.8) is 0 Å². The lowest BCUT2D eigenvalue weighted by atomic mass is 10.4. The van der Waals surface area contributed by atoms with Crippen LogP contribution in [0.2, 0.25) is 0 Å². The summed E-state index contributed by atoms with van der Waals surface area (Å²) in [7, 11) is -1.88. The molecule has 116 valence electrons. The number of aromatic nitrogens is 5. The van der Waals surface area contributed by atoms with E-state index in [1.807, 2.05) is 6.92 Å². The number of aryl methyl sites for hydroxylation is 2. The van der Waals surface area contributed by atoms with E-state index in [1.54, 1.807) is 30.2 Å². The van der Waals surface area contributed by atoms with Crippen LogP contribution in [-0.2, 0) is 30.0 Å². The molecule has 3 heterocycles. The van der Waals surface area contributed by atoms with Gasteiger partial charge >= 0.3 is 0 Å². The summed E-state index contributed by atoms with van der Waals surface area (Å²) in [5.74, 6) is 0.827. The van der Waals surface area contributed by atoms with Gasteiger partial charge in [-0.05, 0) is 6.07 Å². The van der Waals surface area contributed by atoms with Crippen molar-refractivity contribution in [2.24, 2.45) is 7.05 Å². The Labute approximate surface area is 127 Å². The summed E-state index contributed by atoms with van der Waals surface area (Å²) in [4.78, 5) is 11.4. The number of rotatable bonds is 5. The molecule has 0 atom stereocenters. The number of H-pyrrole nitrogens is 1. The quantitative estimate of drug-likeness (QED) is 0.721. The van der Waals surface area contributed by atoms with Crippen molar-refractivity contribution in [3.8, 4) is 0 Å². The van der Waals surface area contributed by atoms with Gasteiger partial charge in [-0.15, -0.1) is 0 Å². The summed E-state index contributed by atoms with van der Waals surface area (Å²) in [5.41, 5.74) is 1.36. The first-order chi connectivity index (χ1) is 10.5. The van der Waals surface area contributed by atoms with Crippen LogP contribution in [0.5, 0.6) is 0 Å². The number of imidazole rings is 1. The van der Waals surface area contributed by atoms with E-state index in [1.165, 1.54) is 6.20 Å². The van der Waals surface area contributed by atoms with Crippen LogP contribution in [0.4, 0.5) is 0 Å². The standard InChI is InChI=1S/C13H16N6O2S/c1-3-12-14-6-10(18-12)7-17-22(20,21)11-4-9-5-16-19(2)13(9)15-8-11/h4-6,8,17H,3,7H2,1-2H3,(H,14,18). The van der Waals surface area contributed by atoms with E-state index in [2.05, 4.69) is 24.8 Å². The smallest absolute Gasteiger partial charge is 0.242 e. The molecule has 0 saturated heterocycles. The number of aromatic amines is 1. The number of fused-ring (bicyclic) bond motifs is 1. The molecule has 0 aliphatic carbocycles. The lowest BCUT2D eigenvalue weighted by Gasteiger charge is -2.05. The van der Waals surface area contributed by atoms with E-state index in [0.717, 1.165) is 17.9 Å². The van der Waals surface area contributed by atoms with Crippen LogP contribution in [0.25, 0.3) is 11.0 Å². The molecule has 8 nitrogen and oxygen atoms in total. The molecule has 0 aliphatic rings. The summed E-state index contributed by atoms with van der Waals surface area (Å²) < 4.78 is 28.8. The van der Waals surface area contributed by atoms with Gasteiger partial charge in [0.15, 0.2) is 5.65 Å². The highest BCUT2D eigenvalue weighted by atomic mass is 32.2. The first kappa shape index (κ1) is 14.7. The van der Waals surface area contributed by atoms with Crippen LogP contribution < -0.4 is 4.72 Å². The Morgan fingerprint density at radius 3 is 2.82 bits per heavy atom. The molecule has 22 heavy (non-hydrogen) atoms. The number of nitrogens with one attached hydrogen (secondary N) is 2. The highest BCUT2D eigenvalue weighted by Crippen LogP contribution is 2.15. The predicted octanol–water partition coefficient (Wildman–Crippen LogP) is 0.732. The number of hydrogen-bond donors (Lipinski definition) is 2. The van der Waals surface area contributed by atoms with Crippen molar-refractivity contribution in [3.05, 3.63) is 36.2 Å². The first-order valence-electron chi connectivity index (χ1n) is 6.80. The predicted molar refractivity (Wildman–Crippen MR) is 80.5 cm³/mol. The molecule has 0 unspecified atom stereocenters. The Bertz CT molecular complexity index is 912. The Morgan fingerprint density at radius 2 is 2.09 bits per heavy atom. The molecule has 3 aromatic heterocycles. The van der Waals surface area contributed by atoms with Gasteiger partial charge in [-0.1, -0.05) is 6.92 Å². The minimum absolute atomic E-state index is 0.114.